The topological polar surface area (TPSA) is 99.8 Å². The van der Waals surface area contributed by atoms with Crippen molar-refractivity contribution in [2.45, 2.75) is 56.8 Å². The van der Waals surface area contributed by atoms with Crippen LogP contribution in [0.15, 0.2) is 66.7 Å². The Labute approximate surface area is 255 Å². The number of carbonyl (C=O) groups is 3. The van der Waals surface area contributed by atoms with E-state index < -0.39 is 29.1 Å². The predicted molar refractivity (Wildman–Crippen MR) is 159 cm³/mol. The highest BCUT2D eigenvalue weighted by Crippen LogP contribution is 2.36. The summed E-state index contributed by atoms with van der Waals surface area (Å²) in [6.07, 6.45) is 2.69. The van der Waals surface area contributed by atoms with Crippen LogP contribution in [0.5, 0.6) is 0 Å². The minimum atomic E-state index is -4.58. The molecule has 2 aromatic carbocycles. The fourth-order valence-corrected chi connectivity index (χ4v) is 6.43. The van der Waals surface area contributed by atoms with Crippen molar-refractivity contribution >= 4 is 23.4 Å². The van der Waals surface area contributed by atoms with Crippen LogP contribution < -0.4 is 16.0 Å². The van der Waals surface area contributed by atoms with E-state index in [-0.39, 0.29) is 36.0 Å². The number of hydrogen-bond acceptors (Lipinski definition) is 5. The first-order valence-corrected chi connectivity index (χ1v) is 15.2. The maximum Gasteiger partial charge on any atom is 0.418 e. The molecular formula is C33H39F3N4O4. The zero-order valence-corrected chi connectivity index (χ0v) is 24.6. The Morgan fingerprint density at radius 3 is 2.48 bits per heavy atom. The molecule has 3 heterocycles. The Morgan fingerprint density at radius 1 is 1.00 bits per heavy atom. The molecule has 2 aromatic rings. The van der Waals surface area contributed by atoms with E-state index in [9.17, 15) is 27.6 Å². The van der Waals surface area contributed by atoms with E-state index in [1.165, 1.54) is 18.2 Å². The van der Waals surface area contributed by atoms with Crippen LogP contribution in [0.2, 0.25) is 0 Å². The van der Waals surface area contributed by atoms with Gasteiger partial charge >= 0.3 is 6.18 Å². The summed E-state index contributed by atoms with van der Waals surface area (Å²) in [5.41, 5.74) is -0.884. The van der Waals surface area contributed by atoms with Crippen molar-refractivity contribution in [3.8, 4) is 0 Å². The molecule has 2 fully saturated rings. The number of anilines is 1. The van der Waals surface area contributed by atoms with Crippen molar-refractivity contribution in [3.63, 3.8) is 0 Å². The highest BCUT2D eigenvalue weighted by Gasteiger charge is 2.42. The lowest BCUT2D eigenvalue weighted by atomic mass is 9.75. The van der Waals surface area contributed by atoms with E-state index in [1.807, 2.05) is 47.4 Å². The summed E-state index contributed by atoms with van der Waals surface area (Å²) in [5.74, 6) is -0.942. The lowest BCUT2D eigenvalue weighted by molar-refractivity contribution is -0.140. The predicted octanol–water partition coefficient (Wildman–Crippen LogP) is 4.32. The number of likely N-dealkylation sites (tertiary alicyclic amines) is 1. The molecule has 1 spiro atoms. The van der Waals surface area contributed by atoms with Gasteiger partial charge in [0, 0.05) is 38.8 Å². The number of alkyl halides is 3. The Kier molecular flexibility index (Phi) is 10.1. The summed E-state index contributed by atoms with van der Waals surface area (Å²) in [5, 5.41) is 8.70. The maximum absolute atomic E-state index is 13.7. The van der Waals surface area contributed by atoms with Gasteiger partial charge in [-0.25, -0.2) is 0 Å². The van der Waals surface area contributed by atoms with Gasteiger partial charge in [0.15, 0.2) is 0 Å². The Morgan fingerprint density at radius 2 is 1.73 bits per heavy atom. The van der Waals surface area contributed by atoms with Crippen LogP contribution in [-0.2, 0) is 31.7 Å². The molecular weight excluding hydrogens is 573 g/mol. The molecule has 3 atom stereocenters. The van der Waals surface area contributed by atoms with Crippen molar-refractivity contribution in [2.24, 2.45) is 11.3 Å². The van der Waals surface area contributed by atoms with Crippen molar-refractivity contribution in [1.82, 2.24) is 15.5 Å². The van der Waals surface area contributed by atoms with Crippen LogP contribution in [0.1, 0.15) is 43.2 Å². The summed E-state index contributed by atoms with van der Waals surface area (Å²) >= 11 is 0. The van der Waals surface area contributed by atoms with Crippen LogP contribution in [-0.4, -0.2) is 67.6 Å². The minimum Gasteiger partial charge on any atom is -0.381 e. The monoisotopic (exact) mass is 612 g/mol. The first-order valence-electron chi connectivity index (χ1n) is 15.2. The zero-order chi connectivity index (χ0) is 31.2. The number of fused-ring (bicyclic) bond motifs is 1. The van der Waals surface area contributed by atoms with E-state index >= 15 is 0 Å². The molecule has 2 saturated heterocycles. The van der Waals surface area contributed by atoms with E-state index in [2.05, 4.69) is 16.0 Å². The van der Waals surface area contributed by atoms with Crippen LogP contribution >= 0.6 is 0 Å². The molecule has 3 N–H and O–H groups in total. The Bertz CT molecular complexity index is 1340. The highest BCUT2D eigenvalue weighted by atomic mass is 19.4. The molecule has 3 aliphatic rings. The molecule has 5 rings (SSSR count). The number of nitrogens with one attached hydrogen (secondary N) is 3. The molecule has 11 heteroatoms. The van der Waals surface area contributed by atoms with Gasteiger partial charge in [-0.15, -0.1) is 0 Å². The second kappa shape index (κ2) is 13.9. The SMILES string of the molecule is O=C(CN1CC[C@H]2NC(=O)[C@H](Cc3ccccc3)NC(=O)C3(C/C=C/C[C@H]2C1)CCOCC3)Nc1ccccc1C(F)(F)F. The van der Waals surface area contributed by atoms with Crippen molar-refractivity contribution in [1.29, 1.82) is 0 Å². The number of ether oxygens (including phenoxy) is 1. The third-order valence-electron chi connectivity index (χ3n) is 8.97. The van der Waals surface area contributed by atoms with Crippen LogP contribution in [0.25, 0.3) is 0 Å². The van der Waals surface area contributed by atoms with Gasteiger partial charge in [-0.3, -0.25) is 19.3 Å². The van der Waals surface area contributed by atoms with Gasteiger partial charge in [0.05, 0.1) is 23.2 Å². The molecule has 8 nitrogen and oxygen atoms in total. The van der Waals surface area contributed by atoms with Gasteiger partial charge in [-0.1, -0.05) is 54.6 Å². The minimum absolute atomic E-state index is 0.0302. The Hall–Kier alpha value is -3.70. The molecule has 0 aliphatic carbocycles. The van der Waals surface area contributed by atoms with E-state index in [1.54, 1.807) is 0 Å². The number of amides is 3. The fraction of sp³-hybridized carbons (Fsp3) is 0.485. The fourth-order valence-electron chi connectivity index (χ4n) is 6.43. The second-order valence-corrected chi connectivity index (χ2v) is 12.0. The second-order valence-electron chi connectivity index (χ2n) is 12.0. The summed E-state index contributed by atoms with van der Waals surface area (Å²) in [6.45, 7) is 1.86. The van der Waals surface area contributed by atoms with Crippen molar-refractivity contribution in [2.75, 3.05) is 38.2 Å². The lowest BCUT2D eigenvalue weighted by Gasteiger charge is -2.40. The number of halogens is 3. The molecule has 3 aliphatic heterocycles. The number of para-hydroxylation sites is 1. The average molecular weight is 613 g/mol. The van der Waals surface area contributed by atoms with Crippen LogP contribution in [0.4, 0.5) is 18.9 Å². The van der Waals surface area contributed by atoms with Crippen molar-refractivity contribution < 1.29 is 32.3 Å². The highest BCUT2D eigenvalue weighted by molar-refractivity contribution is 5.93. The summed E-state index contributed by atoms with van der Waals surface area (Å²) in [6, 6.07) is 13.6. The van der Waals surface area contributed by atoms with Gasteiger partial charge in [0.2, 0.25) is 17.7 Å². The molecule has 236 valence electrons. The number of piperidine rings is 1. The third-order valence-corrected chi connectivity index (χ3v) is 8.97. The molecule has 44 heavy (non-hydrogen) atoms. The standard InChI is InChI=1S/C33H39F3N4O4/c34-33(35,36)25-11-4-5-12-27(25)37-29(41)22-40-17-13-26-24(21-40)10-6-7-14-32(15-18-44-19-16-32)31(43)39-28(30(42)38-26)20-23-8-2-1-3-9-23/h1-9,11-12,24,26,28H,10,13-22H2,(H,37,41)(H,38,42)(H,39,43)/b7-6+/t24-,26+,28-/m0/s1. The summed E-state index contributed by atoms with van der Waals surface area (Å²) in [4.78, 5) is 42.2. The van der Waals surface area contributed by atoms with Crippen LogP contribution in [0, 0.1) is 11.3 Å². The van der Waals surface area contributed by atoms with Gasteiger partial charge in [-0.2, -0.15) is 13.2 Å². The molecule has 0 unspecified atom stereocenters. The smallest absolute Gasteiger partial charge is 0.381 e. The van der Waals surface area contributed by atoms with Gasteiger partial charge in [-0.05, 0) is 55.7 Å². The Balaban J connectivity index is 1.31. The number of carbonyl (C=O) groups excluding carboxylic acids is 3. The molecule has 0 bridgehead atoms. The molecule has 0 aromatic heterocycles. The van der Waals surface area contributed by atoms with E-state index in [0.29, 0.717) is 64.8 Å². The number of allylic oxidation sites excluding steroid dienone is 2. The molecule has 3 amide bonds. The molecule has 0 saturated carbocycles. The quantitative estimate of drug-likeness (QED) is 0.437. The first-order chi connectivity index (χ1) is 21.1. The molecule has 0 radical (unpaired) electrons. The summed E-state index contributed by atoms with van der Waals surface area (Å²) < 4.78 is 45.8. The first kappa shape index (κ1) is 31.7. The number of rotatable bonds is 5. The third kappa shape index (κ3) is 7.87. The van der Waals surface area contributed by atoms with Gasteiger partial charge < -0.3 is 20.7 Å². The number of nitrogens with zero attached hydrogens (tertiary/aromatic N) is 1. The average Bonchev–Trinajstić information content (AvgIpc) is 3.00. The number of hydrogen-bond donors (Lipinski definition) is 3. The zero-order valence-electron chi connectivity index (χ0n) is 24.6. The normalized spacial score (nSPS) is 25.5. The summed E-state index contributed by atoms with van der Waals surface area (Å²) in [7, 11) is 0. The lowest BCUT2D eigenvalue weighted by Crippen LogP contribution is -2.58. The van der Waals surface area contributed by atoms with Crippen molar-refractivity contribution in [3.05, 3.63) is 77.9 Å². The van der Waals surface area contributed by atoms with Gasteiger partial charge in [0.1, 0.15) is 6.04 Å². The van der Waals surface area contributed by atoms with E-state index in [0.717, 1.165) is 11.6 Å². The van der Waals surface area contributed by atoms with Gasteiger partial charge in [0.25, 0.3) is 0 Å². The largest absolute Gasteiger partial charge is 0.418 e. The van der Waals surface area contributed by atoms with E-state index in [4.69, 9.17) is 4.74 Å². The maximum atomic E-state index is 13.7. The number of benzene rings is 2. The van der Waals surface area contributed by atoms with Crippen LogP contribution in [0.3, 0.4) is 0 Å².